The van der Waals surface area contributed by atoms with Crippen molar-refractivity contribution >= 4 is 8.56 Å². The van der Waals surface area contributed by atoms with E-state index in [1.807, 2.05) is 91.0 Å². The van der Waals surface area contributed by atoms with E-state index in [-0.39, 0.29) is 19.1 Å². The van der Waals surface area contributed by atoms with Crippen LogP contribution in [0.4, 0.5) is 0 Å². The highest BCUT2D eigenvalue weighted by Crippen LogP contribution is 2.41. The van der Waals surface area contributed by atoms with E-state index in [0.29, 0.717) is 39.5 Å². The Hall–Kier alpha value is -4.08. The molecule has 8 rings (SSSR count). The first-order valence-corrected chi connectivity index (χ1v) is 24.6. The molecule has 3 aliphatic heterocycles. The van der Waals surface area contributed by atoms with Crippen molar-refractivity contribution in [2.75, 3.05) is 20.3 Å². The Morgan fingerprint density at radius 2 is 0.935 bits per heavy atom. The summed E-state index contributed by atoms with van der Waals surface area (Å²) in [5.74, 6) is -0.257. The van der Waals surface area contributed by atoms with Crippen molar-refractivity contribution in [3.8, 4) is 0 Å². The second-order valence-corrected chi connectivity index (χ2v) is 20.1. The largest absolute Gasteiger partial charge is 0.392 e. The van der Waals surface area contributed by atoms with Crippen LogP contribution >= 0.6 is 0 Å². The van der Waals surface area contributed by atoms with Crippen molar-refractivity contribution in [1.29, 1.82) is 0 Å². The average molecular weight is 861 g/mol. The molecule has 0 saturated carbocycles. The topological polar surface area (TPSA) is 92.3 Å². The van der Waals surface area contributed by atoms with Crippen LogP contribution in [0.5, 0.6) is 0 Å². The van der Waals surface area contributed by atoms with Gasteiger partial charge in [-0.1, -0.05) is 152 Å². The van der Waals surface area contributed by atoms with Crippen molar-refractivity contribution in [2.45, 2.75) is 108 Å². The summed E-state index contributed by atoms with van der Waals surface area (Å²) in [5.41, 5.74) is 5.26. The van der Waals surface area contributed by atoms with Gasteiger partial charge in [0.15, 0.2) is 6.29 Å². The third kappa shape index (κ3) is 11.9. The quantitative estimate of drug-likeness (QED) is 0.0846. The lowest BCUT2D eigenvalue weighted by atomic mass is 9.81. The first kappa shape index (κ1) is 44.5. The normalized spacial score (nSPS) is 28.4. The van der Waals surface area contributed by atoms with E-state index in [1.54, 1.807) is 7.11 Å². The number of rotatable bonds is 17. The molecule has 0 unspecified atom stereocenters. The Labute approximate surface area is 367 Å². The van der Waals surface area contributed by atoms with Crippen LogP contribution in [0.1, 0.15) is 34.2 Å². The van der Waals surface area contributed by atoms with Gasteiger partial charge in [0.05, 0.1) is 64.6 Å². The molecule has 0 bridgehead atoms. The third-order valence-corrected chi connectivity index (χ3v) is 13.5. The molecule has 3 aliphatic rings. The van der Waals surface area contributed by atoms with Crippen LogP contribution in [0.25, 0.3) is 0 Å². The van der Waals surface area contributed by atoms with Crippen molar-refractivity contribution in [1.82, 2.24) is 0 Å². The highest BCUT2D eigenvalue weighted by Gasteiger charge is 2.56. The van der Waals surface area contributed by atoms with Gasteiger partial charge in [-0.15, -0.1) is 0 Å². The lowest BCUT2D eigenvalue weighted by Crippen LogP contribution is -2.64. The molecule has 0 N–H and O–H groups in total. The summed E-state index contributed by atoms with van der Waals surface area (Å²) in [4.78, 5) is 0. The molecule has 3 fully saturated rings. The molecule has 0 amide bonds. The number of benzene rings is 5. The maximum absolute atomic E-state index is 7.30. The van der Waals surface area contributed by atoms with E-state index in [9.17, 15) is 0 Å². The van der Waals surface area contributed by atoms with Gasteiger partial charge < -0.3 is 46.7 Å². The van der Waals surface area contributed by atoms with Crippen LogP contribution in [0.2, 0.25) is 13.1 Å². The van der Waals surface area contributed by atoms with Gasteiger partial charge in [-0.3, -0.25) is 0 Å². The van der Waals surface area contributed by atoms with Crippen molar-refractivity contribution in [2.24, 2.45) is 5.92 Å². The minimum atomic E-state index is -2.89. The van der Waals surface area contributed by atoms with Gasteiger partial charge >= 0.3 is 8.56 Å². The number of methoxy groups -OCH3 is 1. The number of ether oxygens (including phenoxy) is 8. The monoisotopic (exact) mass is 860 g/mol. The molecular weight excluding hydrogens is 801 g/mol. The summed E-state index contributed by atoms with van der Waals surface area (Å²) < 4.78 is 68.5. The second kappa shape index (κ2) is 22.0. The molecule has 10 nitrogen and oxygen atoms in total. The van der Waals surface area contributed by atoms with Crippen LogP contribution in [0.15, 0.2) is 152 Å². The predicted octanol–water partition coefficient (Wildman–Crippen LogP) is 8.81. The van der Waals surface area contributed by atoms with Crippen LogP contribution < -0.4 is 0 Å². The van der Waals surface area contributed by atoms with Crippen molar-refractivity contribution in [3.05, 3.63) is 179 Å². The first-order valence-electron chi connectivity index (χ1n) is 21.8. The van der Waals surface area contributed by atoms with Gasteiger partial charge in [0.25, 0.3) is 0 Å². The van der Waals surface area contributed by atoms with Gasteiger partial charge in [-0.25, -0.2) is 0 Å². The molecule has 0 spiro atoms. The molecule has 62 heavy (non-hydrogen) atoms. The fraction of sp³-hybridized carbons (Fsp3) is 0.412. The van der Waals surface area contributed by atoms with Crippen LogP contribution in [-0.4, -0.2) is 84.0 Å². The smallest absolute Gasteiger partial charge is 0.332 e. The Morgan fingerprint density at radius 3 is 1.42 bits per heavy atom. The third-order valence-electron chi connectivity index (χ3n) is 11.8. The summed E-state index contributed by atoms with van der Waals surface area (Å²) in [6.07, 6.45) is -4.35. The zero-order chi connectivity index (χ0) is 42.6. The van der Waals surface area contributed by atoms with E-state index >= 15 is 0 Å². The standard InChI is InChI=1S/C51H60O10Si/c1-52-51-50(57-34-41-27-17-8-18-28-41)46(54-31-38-21-11-5-12-22-38)42-29-43-48(61-62(2,3)58-36-44(42)60-51)49(56-33-40-25-15-7-16-26-40)47(55-32-39-23-13-6-14-24-39)45(59-43)35-53-30-37-19-9-4-10-20-37/h4-28,42-51H,29-36H2,1-3H3/t42-,43-,44-,45-,46+,47-,48+,49+,50-,51+/m1/s1. The van der Waals surface area contributed by atoms with Crippen molar-refractivity contribution < 1.29 is 46.7 Å². The maximum Gasteiger partial charge on any atom is 0.332 e. The molecule has 3 saturated heterocycles. The van der Waals surface area contributed by atoms with E-state index in [4.69, 9.17) is 46.7 Å². The Balaban J connectivity index is 1.15. The van der Waals surface area contributed by atoms with Crippen LogP contribution in [-0.2, 0) is 79.8 Å². The Bertz CT molecular complexity index is 2030. The van der Waals surface area contributed by atoms with E-state index in [1.165, 1.54) is 0 Å². The number of hydrogen-bond acceptors (Lipinski definition) is 10. The first-order chi connectivity index (χ1) is 30.4. The highest BCUT2D eigenvalue weighted by molar-refractivity contribution is 6.64. The predicted molar refractivity (Wildman–Crippen MR) is 237 cm³/mol. The maximum atomic E-state index is 7.30. The van der Waals surface area contributed by atoms with E-state index in [0.717, 1.165) is 27.8 Å². The van der Waals surface area contributed by atoms with Gasteiger partial charge in [-0.05, 0) is 47.3 Å². The summed E-state index contributed by atoms with van der Waals surface area (Å²) >= 11 is 0. The van der Waals surface area contributed by atoms with E-state index < -0.39 is 63.7 Å². The van der Waals surface area contributed by atoms with Crippen molar-refractivity contribution in [3.63, 3.8) is 0 Å². The molecule has 5 aromatic rings. The van der Waals surface area contributed by atoms with E-state index in [2.05, 4.69) is 73.8 Å². The van der Waals surface area contributed by atoms with Crippen LogP contribution in [0, 0.1) is 5.92 Å². The molecule has 0 aromatic heterocycles. The van der Waals surface area contributed by atoms with Gasteiger partial charge in [0.2, 0.25) is 0 Å². The zero-order valence-corrected chi connectivity index (χ0v) is 36.9. The SMILES string of the molecule is CO[C@H]1O[C@@H]2CO[Si](C)(C)O[C@@H]3[C@@H](OCc4ccccc4)[C@H](OCc4ccccc4)[C@@H](COCc4ccccc4)O[C@@H]3C[C@H]2[C@H](OCc2ccccc2)[C@H]1OCc1ccccc1. The molecule has 3 heterocycles. The lowest BCUT2D eigenvalue weighted by Gasteiger charge is -2.50. The molecule has 328 valence electrons. The fourth-order valence-corrected chi connectivity index (χ4v) is 10.3. The molecule has 0 aliphatic carbocycles. The fourth-order valence-electron chi connectivity index (χ4n) is 8.69. The average Bonchev–Trinajstić information content (AvgIpc) is 3.36. The molecule has 10 atom stereocenters. The lowest BCUT2D eigenvalue weighted by molar-refractivity contribution is -0.309. The number of hydrogen-bond donors (Lipinski definition) is 0. The molecule has 11 heteroatoms. The summed E-state index contributed by atoms with van der Waals surface area (Å²) in [5, 5.41) is 0. The summed E-state index contributed by atoms with van der Waals surface area (Å²) in [6.45, 7) is 6.56. The Kier molecular flexibility index (Phi) is 15.8. The highest BCUT2D eigenvalue weighted by atomic mass is 28.4. The molecule has 0 radical (unpaired) electrons. The number of fused-ring (bicyclic) bond motifs is 2. The second-order valence-electron chi connectivity index (χ2n) is 16.7. The van der Waals surface area contributed by atoms with Gasteiger partial charge in [0, 0.05) is 13.0 Å². The minimum Gasteiger partial charge on any atom is -0.392 e. The Morgan fingerprint density at radius 1 is 0.500 bits per heavy atom. The van der Waals surface area contributed by atoms with Crippen LogP contribution in [0.3, 0.4) is 0 Å². The zero-order valence-electron chi connectivity index (χ0n) is 35.9. The molecule has 5 aromatic carbocycles. The minimum absolute atomic E-state index is 0.257. The molecular formula is C51H60O10Si. The van der Waals surface area contributed by atoms with Gasteiger partial charge in [-0.2, -0.15) is 0 Å². The summed E-state index contributed by atoms with van der Waals surface area (Å²) in [6, 6.07) is 50.9. The van der Waals surface area contributed by atoms with Gasteiger partial charge in [0.1, 0.15) is 30.5 Å². The summed E-state index contributed by atoms with van der Waals surface area (Å²) in [7, 11) is -1.24.